The summed E-state index contributed by atoms with van der Waals surface area (Å²) < 4.78 is 16.8. The molecule has 0 saturated carbocycles. The van der Waals surface area contributed by atoms with E-state index in [0.717, 1.165) is 50.3 Å². The second-order valence-electron chi connectivity index (χ2n) is 10.3. The van der Waals surface area contributed by atoms with Crippen LogP contribution in [0.5, 0.6) is 11.5 Å². The zero-order chi connectivity index (χ0) is 28.3. The van der Waals surface area contributed by atoms with Crippen LogP contribution in [0.25, 0.3) is 50.3 Å². The normalized spacial score (nSPS) is 11.5. The first kappa shape index (κ1) is 26.3. The largest absolute Gasteiger partial charge is 0.510 e. The van der Waals surface area contributed by atoms with Crippen LogP contribution in [0.2, 0.25) is 0 Å². The molecule has 8 heteroatoms. The summed E-state index contributed by atoms with van der Waals surface area (Å²) in [6, 6.07) is 43.5. The Morgan fingerprint density at radius 2 is 1.50 bits per heavy atom. The summed E-state index contributed by atoms with van der Waals surface area (Å²) in [7, 11) is 0. The van der Waals surface area contributed by atoms with E-state index in [0.29, 0.717) is 11.5 Å². The maximum atomic E-state index is 6.41. The van der Waals surface area contributed by atoms with Crippen molar-refractivity contribution in [3.8, 4) is 23.0 Å². The van der Waals surface area contributed by atoms with Gasteiger partial charge in [0.1, 0.15) is 11.5 Å². The predicted molar refractivity (Wildman–Crippen MR) is 165 cm³/mol. The van der Waals surface area contributed by atoms with Crippen molar-refractivity contribution in [1.82, 2.24) is 22.9 Å². The molecule has 44 heavy (non-hydrogen) atoms. The summed E-state index contributed by atoms with van der Waals surface area (Å²) >= 11 is 0. The number of nitrogens with zero attached hydrogens (tertiary/aromatic N) is 6. The van der Waals surface area contributed by atoms with Crippen LogP contribution in [-0.2, 0) is 21.1 Å². The first-order valence-corrected chi connectivity index (χ1v) is 14.0. The number of hydrogen-bond donors (Lipinski definition) is 0. The molecule has 6 heterocycles. The molecule has 0 amide bonds. The van der Waals surface area contributed by atoms with Gasteiger partial charge in [0.15, 0.2) is 17.6 Å². The molecule has 9 aromatic rings. The minimum atomic E-state index is 0. The van der Waals surface area contributed by atoms with E-state index in [2.05, 4.69) is 91.7 Å². The molecule has 3 aromatic carbocycles. The van der Waals surface area contributed by atoms with Crippen molar-refractivity contribution in [3.05, 3.63) is 152 Å². The van der Waals surface area contributed by atoms with Gasteiger partial charge in [-0.3, -0.25) is 8.80 Å². The molecular formula is C36H22N6OPt-2. The molecule has 0 atom stereocenters. The Kier molecular flexibility index (Phi) is 6.21. The average Bonchev–Trinajstić information content (AvgIpc) is 3.85. The number of hydrogen-bond acceptors (Lipinski definition) is 2. The molecule has 0 saturated heterocycles. The Bertz CT molecular complexity index is 2500. The topological polar surface area (TPSA) is 44.9 Å². The fraction of sp³-hybridized carbons (Fsp3) is 0. The zero-order valence-electron chi connectivity index (χ0n) is 23.1. The van der Waals surface area contributed by atoms with Crippen LogP contribution in [0, 0.1) is 18.5 Å². The predicted octanol–water partition coefficient (Wildman–Crippen LogP) is 6.97. The van der Waals surface area contributed by atoms with Gasteiger partial charge in [0.2, 0.25) is 0 Å². The van der Waals surface area contributed by atoms with Gasteiger partial charge in [-0.15, -0.1) is 29.7 Å². The van der Waals surface area contributed by atoms with E-state index in [1.54, 1.807) is 6.20 Å². The van der Waals surface area contributed by atoms with E-state index in [9.17, 15) is 0 Å². The summed E-state index contributed by atoms with van der Waals surface area (Å²) in [6.45, 7) is 0. The van der Waals surface area contributed by atoms with Crippen LogP contribution < -0.4 is 9.14 Å². The molecule has 0 radical (unpaired) electrons. The Morgan fingerprint density at radius 1 is 0.659 bits per heavy atom. The molecule has 0 unspecified atom stereocenters. The average molecular weight is 750 g/mol. The van der Waals surface area contributed by atoms with Gasteiger partial charge in [0.25, 0.3) is 0 Å². The van der Waals surface area contributed by atoms with Gasteiger partial charge in [-0.05, 0) is 53.9 Å². The molecule has 0 N–H and O–H groups in total. The van der Waals surface area contributed by atoms with Crippen LogP contribution >= 0.6 is 0 Å². The summed E-state index contributed by atoms with van der Waals surface area (Å²) in [5.74, 6) is 2.00. The van der Waals surface area contributed by atoms with Crippen LogP contribution in [0.4, 0.5) is 0 Å². The van der Waals surface area contributed by atoms with Gasteiger partial charge in [0, 0.05) is 56.7 Å². The van der Waals surface area contributed by atoms with Crippen LogP contribution in [-0.4, -0.2) is 22.9 Å². The van der Waals surface area contributed by atoms with Crippen molar-refractivity contribution in [2.24, 2.45) is 0 Å². The molecule has 0 aliphatic heterocycles. The van der Waals surface area contributed by atoms with E-state index < -0.39 is 0 Å². The van der Waals surface area contributed by atoms with E-state index in [-0.39, 0.29) is 21.1 Å². The van der Waals surface area contributed by atoms with Gasteiger partial charge in [0.05, 0.1) is 6.20 Å². The first-order valence-electron chi connectivity index (χ1n) is 14.0. The van der Waals surface area contributed by atoms with Crippen LogP contribution in [0.3, 0.4) is 0 Å². The smallest absolute Gasteiger partial charge is 0.198 e. The Labute approximate surface area is 266 Å². The fourth-order valence-electron chi connectivity index (χ4n) is 5.90. The summed E-state index contributed by atoms with van der Waals surface area (Å²) in [6.07, 6.45) is 11.4. The molecule has 0 bridgehead atoms. The molecule has 9 rings (SSSR count). The van der Waals surface area contributed by atoms with E-state index >= 15 is 0 Å². The number of aromatic nitrogens is 6. The summed E-state index contributed by atoms with van der Waals surface area (Å²) in [4.78, 5) is 4.63. The zero-order valence-corrected chi connectivity index (χ0v) is 25.4. The molecule has 0 fully saturated rings. The van der Waals surface area contributed by atoms with E-state index in [1.165, 1.54) is 0 Å². The number of fused-ring (bicyclic) bond motifs is 8. The number of ether oxygens (including phenoxy) is 1. The molecule has 0 aliphatic carbocycles. The van der Waals surface area contributed by atoms with Crippen molar-refractivity contribution in [2.75, 3.05) is 0 Å². The Balaban J connectivity index is 0.00000289. The third kappa shape index (κ3) is 4.08. The molecule has 214 valence electrons. The summed E-state index contributed by atoms with van der Waals surface area (Å²) in [5.41, 5.74) is 5.72. The van der Waals surface area contributed by atoms with Gasteiger partial charge in [-0.1, -0.05) is 41.5 Å². The number of para-hydroxylation sites is 1. The van der Waals surface area contributed by atoms with Crippen LogP contribution in [0.15, 0.2) is 134 Å². The Morgan fingerprint density at radius 3 is 2.41 bits per heavy atom. The molecule has 0 spiro atoms. The minimum Gasteiger partial charge on any atom is -0.510 e. The van der Waals surface area contributed by atoms with E-state index in [4.69, 9.17) is 4.74 Å². The second-order valence-corrected chi connectivity index (χ2v) is 10.3. The maximum absolute atomic E-state index is 6.41. The van der Waals surface area contributed by atoms with Gasteiger partial charge >= 0.3 is 0 Å². The standard InChI is InChI=1S/C36H22N6O.Pt/c1-2-12-31-29(11-1)30-18-17-28(24-32(30)42(31)33-13-3-4-19-37-33)43-27-10-5-9-26(23-27)41-25-38-20-6-14-34(38)39-21-7-15-35(39)40-22-8-16-36(40)41;/h1-22H;/q-2;. The van der Waals surface area contributed by atoms with Crippen molar-refractivity contribution in [2.45, 2.75) is 0 Å². The SMILES string of the molecule is [Pt].[c-]1c(Oc2[c-]c3c(cc2)c2ccccc2n3-c2ccccn2)cccc1-n1[c-][n+]2cccc2n2cccc2n2cccc12. The van der Waals surface area contributed by atoms with Crippen molar-refractivity contribution >= 4 is 38.7 Å². The molecule has 7 nitrogen and oxygen atoms in total. The third-order valence-corrected chi connectivity index (χ3v) is 7.76. The second kappa shape index (κ2) is 10.4. The van der Waals surface area contributed by atoms with Crippen LogP contribution in [0.1, 0.15) is 0 Å². The van der Waals surface area contributed by atoms with Crippen molar-refractivity contribution < 1.29 is 30.2 Å². The fourth-order valence-corrected chi connectivity index (χ4v) is 5.90. The molecular weight excluding hydrogens is 728 g/mol. The number of benzene rings is 3. The van der Waals surface area contributed by atoms with Crippen molar-refractivity contribution in [3.63, 3.8) is 0 Å². The first-order chi connectivity index (χ1) is 21.3. The van der Waals surface area contributed by atoms with Crippen molar-refractivity contribution in [1.29, 1.82) is 0 Å². The molecule has 6 aromatic heterocycles. The monoisotopic (exact) mass is 749 g/mol. The van der Waals surface area contributed by atoms with Gasteiger partial charge in [-0.2, -0.15) is 18.2 Å². The molecule has 0 aliphatic rings. The quantitative estimate of drug-likeness (QED) is 0.144. The number of pyridine rings is 1. The summed E-state index contributed by atoms with van der Waals surface area (Å²) in [5, 5.41) is 2.23. The third-order valence-electron chi connectivity index (χ3n) is 7.76. The van der Waals surface area contributed by atoms with Gasteiger partial charge in [-0.25, -0.2) is 4.98 Å². The van der Waals surface area contributed by atoms with E-state index in [1.807, 2.05) is 81.9 Å². The maximum Gasteiger partial charge on any atom is 0.198 e. The number of rotatable bonds is 4. The minimum absolute atomic E-state index is 0. The Hall–Kier alpha value is -5.39. The van der Waals surface area contributed by atoms with Gasteiger partial charge < -0.3 is 18.3 Å².